The molecule has 0 atom stereocenters. The van der Waals surface area contributed by atoms with E-state index in [1.165, 1.54) is 0 Å². The van der Waals surface area contributed by atoms with Crippen LogP contribution in [-0.4, -0.2) is 5.78 Å². The zero-order chi connectivity index (χ0) is 20.5. The van der Waals surface area contributed by atoms with Gasteiger partial charge in [-0.3, -0.25) is 4.79 Å². The van der Waals surface area contributed by atoms with Crippen LogP contribution in [0.25, 0.3) is 31.9 Å². The second-order valence-electron chi connectivity index (χ2n) is 6.86. The summed E-state index contributed by atoms with van der Waals surface area (Å²) in [5.74, 6) is -0.334. The van der Waals surface area contributed by atoms with Crippen molar-refractivity contribution in [1.29, 1.82) is 0 Å². The van der Waals surface area contributed by atoms with Crippen LogP contribution in [0, 0.1) is 0 Å². The molecule has 4 heteroatoms. The van der Waals surface area contributed by atoms with Crippen molar-refractivity contribution in [2.24, 2.45) is 0 Å². The second kappa shape index (κ2) is 7.58. The molecule has 0 aliphatic rings. The Morgan fingerprint density at radius 1 is 0.700 bits per heavy atom. The molecule has 30 heavy (non-hydrogen) atoms. The maximum absolute atomic E-state index is 13.3. The van der Waals surface area contributed by atoms with E-state index in [-0.39, 0.29) is 11.3 Å². The predicted octanol–water partition coefficient (Wildman–Crippen LogP) is 6.42. The van der Waals surface area contributed by atoms with Crippen LogP contribution >= 0.6 is 11.3 Å². The standard InChI is InChI=1S/C26H16O3S/c27-25(18-11-5-2-6-12-18)24-23(19-13-7-8-14-20(19)29-26(24)28)22-16-15-21(30-22)17-9-3-1-4-10-17/h1-16H. The van der Waals surface area contributed by atoms with Crippen LogP contribution in [-0.2, 0) is 0 Å². The van der Waals surface area contributed by atoms with Gasteiger partial charge in [-0.15, -0.1) is 11.3 Å². The minimum Gasteiger partial charge on any atom is -0.422 e. The van der Waals surface area contributed by atoms with Crippen molar-refractivity contribution in [3.63, 3.8) is 0 Å². The van der Waals surface area contributed by atoms with Gasteiger partial charge in [0.1, 0.15) is 11.1 Å². The van der Waals surface area contributed by atoms with E-state index in [0.29, 0.717) is 16.7 Å². The van der Waals surface area contributed by atoms with Gasteiger partial charge in [0.15, 0.2) is 0 Å². The van der Waals surface area contributed by atoms with Crippen LogP contribution in [0.5, 0.6) is 0 Å². The first-order valence-electron chi connectivity index (χ1n) is 9.53. The largest absolute Gasteiger partial charge is 0.422 e. The van der Waals surface area contributed by atoms with Crippen molar-refractivity contribution in [2.75, 3.05) is 0 Å². The molecule has 0 bridgehead atoms. The van der Waals surface area contributed by atoms with Gasteiger partial charge in [0, 0.05) is 26.3 Å². The van der Waals surface area contributed by atoms with Gasteiger partial charge >= 0.3 is 5.63 Å². The molecule has 0 amide bonds. The quantitative estimate of drug-likeness (QED) is 0.255. The van der Waals surface area contributed by atoms with E-state index >= 15 is 0 Å². The van der Waals surface area contributed by atoms with E-state index < -0.39 is 5.63 Å². The number of ketones is 1. The number of hydrogen-bond donors (Lipinski definition) is 0. The van der Waals surface area contributed by atoms with Crippen molar-refractivity contribution in [2.45, 2.75) is 0 Å². The van der Waals surface area contributed by atoms with E-state index in [1.54, 1.807) is 41.7 Å². The first-order chi connectivity index (χ1) is 14.7. The Kier molecular flexibility index (Phi) is 4.62. The van der Waals surface area contributed by atoms with Gasteiger partial charge in [-0.1, -0.05) is 78.9 Å². The molecule has 0 aliphatic heterocycles. The topological polar surface area (TPSA) is 47.3 Å². The Morgan fingerprint density at radius 2 is 1.33 bits per heavy atom. The van der Waals surface area contributed by atoms with Gasteiger partial charge in [-0.2, -0.15) is 0 Å². The minimum absolute atomic E-state index is 0.0707. The summed E-state index contributed by atoms with van der Waals surface area (Å²) in [5, 5.41) is 0.748. The highest BCUT2D eigenvalue weighted by atomic mass is 32.1. The molecular weight excluding hydrogens is 392 g/mol. The molecule has 3 nitrogen and oxygen atoms in total. The van der Waals surface area contributed by atoms with Crippen molar-refractivity contribution in [3.05, 3.63) is 119 Å². The Labute approximate surface area is 176 Å². The third-order valence-corrected chi connectivity index (χ3v) is 6.14. The summed E-state index contributed by atoms with van der Waals surface area (Å²) in [5.41, 5.74) is 2.10. The smallest absolute Gasteiger partial charge is 0.348 e. The van der Waals surface area contributed by atoms with Gasteiger partial charge in [0.2, 0.25) is 5.78 Å². The summed E-state index contributed by atoms with van der Waals surface area (Å²) in [4.78, 5) is 28.2. The van der Waals surface area contributed by atoms with Crippen LogP contribution in [0.2, 0.25) is 0 Å². The maximum atomic E-state index is 13.3. The van der Waals surface area contributed by atoms with Crippen LogP contribution in [0.4, 0.5) is 0 Å². The number of thiophene rings is 1. The fourth-order valence-electron chi connectivity index (χ4n) is 3.58. The molecule has 0 fully saturated rings. The van der Waals surface area contributed by atoms with E-state index in [2.05, 4.69) is 0 Å². The molecule has 5 aromatic rings. The van der Waals surface area contributed by atoms with Crippen molar-refractivity contribution in [3.8, 4) is 20.9 Å². The first-order valence-corrected chi connectivity index (χ1v) is 10.4. The third-order valence-electron chi connectivity index (χ3n) is 4.99. The molecular formula is C26H16O3S. The van der Waals surface area contributed by atoms with Crippen molar-refractivity contribution in [1.82, 2.24) is 0 Å². The number of hydrogen-bond acceptors (Lipinski definition) is 4. The zero-order valence-electron chi connectivity index (χ0n) is 15.9. The van der Waals surface area contributed by atoms with E-state index in [0.717, 1.165) is 20.7 Å². The zero-order valence-corrected chi connectivity index (χ0v) is 16.7. The van der Waals surface area contributed by atoms with Crippen molar-refractivity contribution < 1.29 is 9.21 Å². The average molecular weight is 408 g/mol. The lowest BCUT2D eigenvalue weighted by molar-refractivity contribution is 0.103. The number of rotatable bonds is 4. The van der Waals surface area contributed by atoms with E-state index in [9.17, 15) is 9.59 Å². The summed E-state index contributed by atoms with van der Waals surface area (Å²) >= 11 is 1.56. The highest BCUT2D eigenvalue weighted by molar-refractivity contribution is 7.19. The third kappa shape index (κ3) is 3.17. The SMILES string of the molecule is O=C(c1ccccc1)c1c(-c2ccc(-c3ccccc3)s2)c2ccccc2oc1=O. The monoisotopic (exact) mass is 408 g/mol. The number of benzene rings is 3. The molecule has 0 aliphatic carbocycles. The van der Waals surface area contributed by atoms with Gasteiger partial charge in [-0.25, -0.2) is 4.79 Å². The first kappa shape index (κ1) is 18.3. The van der Waals surface area contributed by atoms with Gasteiger partial charge in [0.05, 0.1) is 0 Å². The van der Waals surface area contributed by atoms with Crippen LogP contribution in [0.1, 0.15) is 15.9 Å². The molecule has 3 aromatic carbocycles. The molecule has 2 heterocycles. The Morgan fingerprint density at radius 3 is 2.10 bits per heavy atom. The summed E-state index contributed by atoms with van der Waals surface area (Å²) < 4.78 is 5.52. The lowest BCUT2D eigenvalue weighted by Gasteiger charge is -2.10. The van der Waals surface area contributed by atoms with Crippen LogP contribution in [0.15, 0.2) is 106 Å². The molecule has 5 rings (SSSR count). The minimum atomic E-state index is -0.618. The number of para-hydroxylation sites is 1. The lowest BCUT2D eigenvalue weighted by atomic mass is 9.96. The maximum Gasteiger partial charge on any atom is 0.348 e. The number of fused-ring (bicyclic) bond motifs is 1. The molecule has 2 aromatic heterocycles. The van der Waals surface area contributed by atoms with Crippen LogP contribution in [0.3, 0.4) is 0 Å². The summed E-state index contributed by atoms with van der Waals surface area (Å²) in [6.45, 7) is 0. The predicted molar refractivity (Wildman–Crippen MR) is 121 cm³/mol. The lowest BCUT2D eigenvalue weighted by Crippen LogP contribution is -2.17. The molecule has 0 unspecified atom stereocenters. The molecule has 0 spiro atoms. The second-order valence-corrected chi connectivity index (χ2v) is 7.94. The summed E-state index contributed by atoms with van der Waals surface area (Å²) in [6.07, 6.45) is 0. The molecule has 0 radical (unpaired) electrons. The number of carbonyl (C=O) groups is 1. The van der Waals surface area contributed by atoms with Gasteiger partial charge in [-0.05, 0) is 23.8 Å². The average Bonchev–Trinajstić information content (AvgIpc) is 3.29. The highest BCUT2D eigenvalue weighted by Gasteiger charge is 2.24. The molecule has 0 saturated heterocycles. The Balaban J connectivity index is 1.78. The molecule has 0 N–H and O–H groups in total. The van der Waals surface area contributed by atoms with Crippen molar-refractivity contribution >= 4 is 28.1 Å². The fraction of sp³-hybridized carbons (Fsp3) is 0. The summed E-state index contributed by atoms with van der Waals surface area (Å²) in [6, 6.07) is 30.2. The highest BCUT2D eigenvalue weighted by Crippen LogP contribution is 2.39. The van der Waals surface area contributed by atoms with Crippen LogP contribution < -0.4 is 5.63 Å². The summed E-state index contributed by atoms with van der Waals surface area (Å²) in [7, 11) is 0. The molecule has 0 saturated carbocycles. The fourth-order valence-corrected chi connectivity index (χ4v) is 4.65. The normalized spacial score (nSPS) is 10.9. The van der Waals surface area contributed by atoms with E-state index in [1.807, 2.05) is 66.7 Å². The number of carbonyl (C=O) groups excluding carboxylic acids is 1. The molecule has 144 valence electrons. The Hall–Kier alpha value is -3.76. The van der Waals surface area contributed by atoms with Gasteiger partial charge in [0.25, 0.3) is 0 Å². The van der Waals surface area contributed by atoms with Gasteiger partial charge < -0.3 is 4.42 Å². The Bertz CT molecular complexity index is 1410. The van der Waals surface area contributed by atoms with E-state index in [4.69, 9.17) is 4.42 Å².